The molecule has 2 rings (SSSR count). The van der Waals surface area contributed by atoms with Crippen LogP contribution in [0.3, 0.4) is 0 Å². The first-order valence-corrected chi connectivity index (χ1v) is 7.45. The van der Waals surface area contributed by atoms with Crippen LogP contribution in [0.1, 0.15) is 38.8 Å². The molecule has 4 nitrogen and oxygen atoms in total. The predicted octanol–water partition coefficient (Wildman–Crippen LogP) is 4.14. The van der Waals surface area contributed by atoms with E-state index in [2.05, 4.69) is 15.9 Å². The Morgan fingerprint density at radius 2 is 2.15 bits per heavy atom. The summed E-state index contributed by atoms with van der Waals surface area (Å²) in [6, 6.07) is 5.84. The van der Waals surface area contributed by atoms with Gasteiger partial charge in [0.15, 0.2) is 0 Å². The molecule has 0 bridgehead atoms. The van der Waals surface area contributed by atoms with E-state index in [-0.39, 0.29) is 12.1 Å². The molecule has 0 aromatic heterocycles. The molecule has 5 heteroatoms. The molecule has 0 radical (unpaired) electrons. The van der Waals surface area contributed by atoms with Crippen molar-refractivity contribution in [3.63, 3.8) is 0 Å². The Balaban J connectivity index is 2.22. The zero-order valence-electron chi connectivity index (χ0n) is 12.3. The van der Waals surface area contributed by atoms with Gasteiger partial charge in [0.25, 0.3) is 0 Å². The smallest absolute Gasteiger partial charge is 0.410 e. The van der Waals surface area contributed by atoms with Crippen LogP contribution >= 0.6 is 15.9 Å². The first-order valence-electron chi connectivity index (χ1n) is 6.66. The van der Waals surface area contributed by atoms with Crippen molar-refractivity contribution < 1.29 is 14.3 Å². The SMILES string of the molecule is CN(C(=O)OC(C)(C)C)C1CCOc2ccc(Br)cc21. The average Bonchev–Trinajstić information content (AvgIpc) is 2.35. The summed E-state index contributed by atoms with van der Waals surface area (Å²) >= 11 is 3.46. The minimum absolute atomic E-state index is 0.0221. The van der Waals surface area contributed by atoms with Crippen LogP contribution in [-0.2, 0) is 4.74 Å². The minimum Gasteiger partial charge on any atom is -0.493 e. The lowest BCUT2D eigenvalue weighted by atomic mass is 10.00. The normalized spacial score (nSPS) is 17.9. The number of hydrogen-bond acceptors (Lipinski definition) is 3. The lowest BCUT2D eigenvalue weighted by Crippen LogP contribution is -2.38. The maximum absolute atomic E-state index is 12.2. The van der Waals surface area contributed by atoms with E-state index in [9.17, 15) is 4.79 Å². The van der Waals surface area contributed by atoms with Gasteiger partial charge in [-0.2, -0.15) is 0 Å². The molecular formula is C15H20BrNO3. The van der Waals surface area contributed by atoms with E-state index in [0.717, 1.165) is 22.2 Å². The van der Waals surface area contributed by atoms with E-state index >= 15 is 0 Å². The molecule has 0 spiro atoms. The fourth-order valence-electron chi connectivity index (χ4n) is 2.21. The molecule has 0 fully saturated rings. The van der Waals surface area contributed by atoms with Gasteiger partial charge in [0.05, 0.1) is 12.6 Å². The van der Waals surface area contributed by atoms with Gasteiger partial charge in [-0.25, -0.2) is 4.79 Å². The van der Waals surface area contributed by atoms with Gasteiger partial charge in [-0.05, 0) is 39.0 Å². The Kier molecular flexibility index (Phi) is 4.28. The number of carbonyl (C=O) groups excluding carboxylic acids is 1. The monoisotopic (exact) mass is 341 g/mol. The summed E-state index contributed by atoms with van der Waals surface area (Å²) in [5.74, 6) is 0.833. The molecule has 0 N–H and O–H groups in total. The molecule has 1 aliphatic rings. The van der Waals surface area contributed by atoms with Gasteiger partial charge in [0.2, 0.25) is 0 Å². The molecule has 1 amide bonds. The topological polar surface area (TPSA) is 38.8 Å². The highest BCUT2D eigenvalue weighted by Crippen LogP contribution is 2.37. The number of halogens is 1. The third kappa shape index (κ3) is 3.45. The molecule has 0 aliphatic carbocycles. The maximum atomic E-state index is 12.2. The van der Waals surface area contributed by atoms with Crippen molar-refractivity contribution in [3.8, 4) is 5.75 Å². The molecular weight excluding hydrogens is 322 g/mol. The molecule has 1 atom stereocenters. The van der Waals surface area contributed by atoms with Crippen LogP contribution in [0.5, 0.6) is 5.75 Å². The highest BCUT2D eigenvalue weighted by molar-refractivity contribution is 9.10. The third-order valence-corrected chi connectivity index (χ3v) is 3.62. The van der Waals surface area contributed by atoms with Crippen LogP contribution in [0, 0.1) is 0 Å². The van der Waals surface area contributed by atoms with E-state index in [1.165, 1.54) is 0 Å². The van der Waals surface area contributed by atoms with Gasteiger partial charge in [0, 0.05) is 23.5 Å². The summed E-state index contributed by atoms with van der Waals surface area (Å²) in [7, 11) is 1.77. The molecule has 1 heterocycles. The second-order valence-corrected chi connectivity index (χ2v) is 6.84. The van der Waals surface area contributed by atoms with Crippen LogP contribution in [-0.4, -0.2) is 30.2 Å². The first-order chi connectivity index (χ1) is 9.28. The molecule has 0 saturated heterocycles. The summed E-state index contributed by atoms with van der Waals surface area (Å²) < 4.78 is 12.0. The summed E-state index contributed by atoms with van der Waals surface area (Å²) in [6.45, 7) is 6.21. The minimum atomic E-state index is -0.489. The highest BCUT2D eigenvalue weighted by atomic mass is 79.9. The molecule has 1 aromatic rings. The number of carbonyl (C=O) groups is 1. The van der Waals surface area contributed by atoms with Crippen LogP contribution in [0.15, 0.2) is 22.7 Å². The van der Waals surface area contributed by atoms with Crippen LogP contribution < -0.4 is 4.74 Å². The van der Waals surface area contributed by atoms with Gasteiger partial charge >= 0.3 is 6.09 Å². The molecule has 1 unspecified atom stereocenters. The summed E-state index contributed by atoms with van der Waals surface area (Å²) in [4.78, 5) is 13.9. The lowest BCUT2D eigenvalue weighted by Gasteiger charge is -2.34. The molecule has 110 valence electrons. The average molecular weight is 342 g/mol. The third-order valence-electron chi connectivity index (χ3n) is 3.13. The predicted molar refractivity (Wildman–Crippen MR) is 81.0 cm³/mol. The number of hydrogen-bond donors (Lipinski definition) is 0. The van der Waals surface area contributed by atoms with E-state index in [1.54, 1.807) is 11.9 Å². The molecule has 20 heavy (non-hydrogen) atoms. The van der Waals surface area contributed by atoms with Crippen LogP contribution in [0.4, 0.5) is 4.79 Å². The Morgan fingerprint density at radius 1 is 1.45 bits per heavy atom. The van der Waals surface area contributed by atoms with Crippen LogP contribution in [0.25, 0.3) is 0 Å². The summed E-state index contributed by atoms with van der Waals surface area (Å²) in [5.41, 5.74) is 0.523. The largest absolute Gasteiger partial charge is 0.493 e. The second kappa shape index (κ2) is 5.64. The van der Waals surface area contributed by atoms with Gasteiger partial charge in [-0.1, -0.05) is 15.9 Å². The summed E-state index contributed by atoms with van der Waals surface area (Å²) in [5, 5.41) is 0. The van der Waals surface area contributed by atoms with Crippen molar-refractivity contribution in [2.75, 3.05) is 13.7 Å². The fraction of sp³-hybridized carbons (Fsp3) is 0.533. The van der Waals surface area contributed by atoms with Crippen molar-refractivity contribution in [2.45, 2.75) is 38.8 Å². The first kappa shape index (κ1) is 15.2. The van der Waals surface area contributed by atoms with Crippen molar-refractivity contribution in [2.24, 2.45) is 0 Å². The number of ether oxygens (including phenoxy) is 2. The number of benzene rings is 1. The number of fused-ring (bicyclic) bond motifs is 1. The quantitative estimate of drug-likeness (QED) is 0.770. The van der Waals surface area contributed by atoms with Crippen molar-refractivity contribution >= 4 is 22.0 Å². The van der Waals surface area contributed by atoms with Crippen molar-refractivity contribution in [1.82, 2.24) is 4.90 Å². The summed E-state index contributed by atoms with van der Waals surface area (Å²) in [6.07, 6.45) is 0.453. The maximum Gasteiger partial charge on any atom is 0.410 e. The Labute approximate surface area is 128 Å². The lowest BCUT2D eigenvalue weighted by molar-refractivity contribution is 0.0182. The molecule has 0 saturated carbocycles. The Morgan fingerprint density at radius 3 is 2.80 bits per heavy atom. The van der Waals surface area contributed by atoms with E-state index in [4.69, 9.17) is 9.47 Å². The standard InChI is InChI=1S/C15H20BrNO3/c1-15(2,3)20-14(18)17(4)12-7-8-19-13-6-5-10(16)9-11(12)13/h5-6,9,12H,7-8H2,1-4H3. The van der Waals surface area contributed by atoms with Gasteiger partial charge in [0.1, 0.15) is 11.4 Å². The van der Waals surface area contributed by atoms with Crippen molar-refractivity contribution in [1.29, 1.82) is 0 Å². The molecule has 1 aromatic carbocycles. The van der Waals surface area contributed by atoms with E-state index in [1.807, 2.05) is 39.0 Å². The number of rotatable bonds is 1. The van der Waals surface area contributed by atoms with E-state index in [0.29, 0.717) is 6.61 Å². The zero-order valence-corrected chi connectivity index (χ0v) is 13.9. The second-order valence-electron chi connectivity index (χ2n) is 5.93. The molecule has 1 aliphatic heterocycles. The zero-order chi connectivity index (χ0) is 14.9. The van der Waals surface area contributed by atoms with Crippen LogP contribution in [0.2, 0.25) is 0 Å². The number of nitrogens with zero attached hydrogens (tertiary/aromatic N) is 1. The van der Waals surface area contributed by atoms with E-state index < -0.39 is 5.60 Å². The fourth-order valence-corrected chi connectivity index (χ4v) is 2.59. The van der Waals surface area contributed by atoms with Crippen molar-refractivity contribution in [3.05, 3.63) is 28.2 Å². The van der Waals surface area contributed by atoms with Gasteiger partial charge in [-0.15, -0.1) is 0 Å². The highest BCUT2D eigenvalue weighted by Gasteiger charge is 2.30. The Hall–Kier alpha value is -1.23. The van der Waals surface area contributed by atoms with Gasteiger partial charge < -0.3 is 14.4 Å². The Bertz CT molecular complexity index is 510. The van der Waals surface area contributed by atoms with Gasteiger partial charge in [-0.3, -0.25) is 0 Å². The number of amides is 1.